The highest BCUT2D eigenvalue weighted by Gasteiger charge is 2.45. The number of hydrogen-bond acceptors (Lipinski definition) is 5. The zero-order valence-electron chi connectivity index (χ0n) is 13.3. The van der Waals surface area contributed by atoms with Crippen molar-refractivity contribution in [1.29, 1.82) is 0 Å². The summed E-state index contributed by atoms with van der Waals surface area (Å²) in [5.41, 5.74) is 1.22. The summed E-state index contributed by atoms with van der Waals surface area (Å²) in [4.78, 5) is 24.8. The summed E-state index contributed by atoms with van der Waals surface area (Å²) in [6, 6.07) is 4.07. The molecule has 0 N–H and O–H groups in total. The van der Waals surface area contributed by atoms with E-state index in [1.165, 1.54) is 5.56 Å². The Kier molecular flexibility index (Phi) is 4.29. The van der Waals surface area contributed by atoms with Crippen molar-refractivity contribution < 1.29 is 14.4 Å². The minimum Gasteiger partial charge on any atom is -0.380 e. The number of likely N-dealkylation sites (tertiary alicyclic amines) is 1. The predicted molar refractivity (Wildman–Crippen MR) is 83.1 cm³/mol. The van der Waals surface area contributed by atoms with Crippen LogP contribution in [0.2, 0.25) is 0 Å². The maximum atomic E-state index is 12.7. The average molecular weight is 317 g/mol. The first-order valence-electron chi connectivity index (χ1n) is 8.44. The van der Waals surface area contributed by atoms with Gasteiger partial charge < -0.3 is 4.74 Å². The van der Waals surface area contributed by atoms with E-state index in [-0.39, 0.29) is 11.8 Å². The van der Waals surface area contributed by atoms with Gasteiger partial charge in [0.1, 0.15) is 0 Å². The molecule has 4 rings (SSSR count). The second-order valence-corrected chi connectivity index (χ2v) is 6.75. The molecular weight excluding hydrogens is 294 g/mol. The number of carbonyl (C=O) groups excluding carboxylic acids is 1. The van der Waals surface area contributed by atoms with Crippen LogP contribution in [0.4, 0.5) is 0 Å². The normalized spacial score (nSPS) is 31.3. The lowest BCUT2D eigenvalue weighted by molar-refractivity contribution is -0.181. The van der Waals surface area contributed by atoms with Crippen LogP contribution in [0, 0.1) is 17.8 Å². The van der Waals surface area contributed by atoms with Gasteiger partial charge in [-0.1, -0.05) is 6.07 Å². The van der Waals surface area contributed by atoms with Crippen molar-refractivity contribution >= 4 is 5.91 Å². The second kappa shape index (κ2) is 6.55. The van der Waals surface area contributed by atoms with Crippen LogP contribution in [-0.2, 0) is 20.9 Å². The van der Waals surface area contributed by atoms with Crippen LogP contribution in [-0.4, -0.2) is 60.3 Å². The zero-order chi connectivity index (χ0) is 15.6. The van der Waals surface area contributed by atoms with Gasteiger partial charge in [0.15, 0.2) is 0 Å². The van der Waals surface area contributed by atoms with E-state index in [1.807, 2.05) is 12.3 Å². The van der Waals surface area contributed by atoms with Crippen LogP contribution in [0.1, 0.15) is 12.0 Å². The van der Waals surface area contributed by atoms with Crippen molar-refractivity contribution in [2.75, 3.05) is 39.5 Å². The van der Waals surface area contributed by atoms with Gasteiger partial charge in [0, 0.05) is 32.0 Å². The molecule has 1 amide bonds. The first-order chi connectivity index (χ1) is 11.3. The van der Waals surface area contributed by atoms with Gasteiger partial charge in [-0.3, -0.25) is 19.5 Å². The molecular formula is C17H23N3O3. The number of carbonyl (C=O) groups is 1. The number of hydrogen-bond donors (Lipinski definition) is 0. The highest BCUT2D eigenvalue weighted by atomic mass is 16.7. The largest absolute Gasteiger partial charge is 0.380 e. The van der Waals surface area contributed by atoms with Crippen molar-refractivity contribution in [3.8, 4) is 0 Å². The standard InChI is InChI=1S/C17H23N3O3/c21-17(20-5-2-6-23-20)16-12-22-11-14-9-19(10-15(14)16)8-13-3-1-4-18-7-13/h1,3-4,7,14-16H,2,5-6,8-12H2/t14-,15-,16+/m0/s1. The Balaban J connectivity index is 1.42. The molecule has 6 heteroatoms. The smallest absolute Gasteiger partial charge is 0.251 e. The molecule has 23 heavy (non-hydrogen) atoms. The Hall–Kier alpha value is -1.50. The minimum absolute atomic E-state index is 0.0641. The summed E-state index contributed by atoms with van der Waals surface area (Å²) >= 11 is 0. The highest BCUT2D eigenvalue weighted by Crippen LogP contribution is 2.36. The zero-order valence-corrected chi connectivity index (χ0v) is 13.3. The third kappa shape index (κ3) is 3.11. The fourth-order valence-corrected chi connectivity index (χ4v) is 4.03. The highest BCUT2D eigenvalue weighted by molar-refractivity contribution is 5.78. The fraction of sp³-hybridized carbons (Fsp3) is 0.647. The number of ether oxygens (including phenoxy) is 1. The van der Waals surface area contributed by atoms with Gasteiger partial charge >= 0.3 is 0 Å². The van der Waals surface area contributed by atoms with E-state index in [0.29, 0.717) is 31.6 Å². The number of pyridine rings is 1. The molecule has 4 heterocycles. The average Bonchev–Trinajstić information content (AvgIpc) is 3.24. The number of nitrogens with zero attached hydrogens (tertiary/aromatic N) is 3. The number of hydroxylamine groups is 2. The number of rotatable bonds is 3. The predicted octanol–water partition coefficient (Wildman–Crippen LogP) is 0.940. The summed E-state index contributed by atoms with van der Waals surface area (Å²) in [5, 5.41) is 1.56. The van der Waals surface area contributed by atoms with E-state index in [2.05, 4.69) is 16.0 Å². The maximum Gasteiger partial charge on any atom is 0.251 e. The van der Waals surface area contributed by atoms with Crippen molar-refractivity contribution in [3.05, 3.63) is 30.1 Å². The molecule has 0 aromatic carbocycles. The molecule has 3 atom stereocenters. The Bertz CT molecular complexity index is 547. The molecule has 1 aromatic rings. The number of aromatic nitrogens is 1. The van der Waals surface area contributed by atoms with Crippen molar-refractivity contribution in [2.45, 2.75) is 13.0 Å². The van der Waals surface area contributed by atoms with Crippen LogP contribution >= 0.6 is 0 Å². The summed E-state index contributed by atoms with van der Waals surface area (Å²) < 4.78 is 5.73. The van der Waals surface area contributed by atoms with Gasteiger partial charge in [0.05, 0.1) is 32.3 Å². The van der Waals surface area contributed by atoms with Crippen LogP contribution < -0.4 is 0 Å². The van der Waals surface area contributed by atoms with Gasteiger partial charge in [-0.15, -0.1) is 0 Å². The third-order valence-electron chi connectivity index (χ3n) is 5.16. The lowest BCUT2D eigenvalue weighted by atomic mass is 9.82. The molecule has 124 valence electrons. The fourth-order valence-electron chi connectivity index (χ4n) is 4.03. The van der Waals surface area contributed by atoms with E-state index in [0.717, 1.165) is 32.7 Å². The summed E-state index contributed by atoms with van der Waals surface area (Å²) in [6.07, 6.45) is 4.64. The molecule has 0 unspecified atom stereocenters. The summed E-state index contributed by atoms with van der Waals surface area (Å²) in [5.74, 6) is 0.861. The van der Waals surface area contributed by atoms with Gasteiger partial charge in [-0.25, -0.2) is 5.06 Å². The molecule has 3 saturated heterocycles. The quantitative estimate of drug-likeness (QED) is 0.830. The monoisotopic (exact) mass is 317 g/mol. The molecule has 3 aliphatic heterocycles. The van der Waals surface area contributed by atoms with E-state index >= 15 is 0 Å². The van der Waals surface area contributed by atoms with Crippen LogP contribution in [0.15, 0.2) is 24.5 Å². The van der Waals surface area contributed by atoms with E-state index in [9.17, 15) is 4.79 Å². The van der Waals surface area contributed by atoms with Gasteiger partial charge in [-0.05, 0) is 29.9 Å². The minimum atomic E-state index is -0.0641. The van der Waals surface area contributed by atoms with E-state index in [1.54, 1.807) is 11.3 Å². The Morgan fingerprint density at radius 2 is 2.30 bits per heavy atom. The summed E-state index contributed by atoms with van der Waals surface area (Å²) in [6.45, 7) is 5.49. The summed E-state index contributed by atoms with van der Waals surface area (Å²) in [7, 11) is 0. The Morgan fingerprint density at radius 3 is 3.09 bits per heavy atom. The third-order valence-corrected chi connectivity index (χ3v) is 5.16. The molecule has 0 saturated carbocycles. The topological polar surface area (TPSA) is 54.9 Å². The maximum absolute atomic E-state index is 12.7. The van der Waals surface area contributed by atoms with Crippen LogP contribution in [0.3, 0.4) is 0 Å². The van der Waals surface area contributed by atoms with Gasteiger partial charge in [-0.2, -0.15) is 0 Å². The molecule has 0 radical (unpaired) electrons. The molecule has 3 aliphatic rings. The molecule has 0 aliphatic carbocycles. The van der Waals surface area contributed by atoms with Crippen molar-refractivity contribution in [3.63, 3.8) is 0 Å². The number of fused-ring (bicyclic) bond motifs is 1. The molecule has 0 spiro atoms. The lowest BCUT2D eigenvalue weighted by Gasteiger charge is -2.33. The first kappa shape index (κ1) is 15.1. The van der Waals surface area contributed by atoms with Crippen LogP contribution in [0.25, 0.3) is 0 Å². The Morgan fingerprint density at radius 1 is 1.35 bits per heavy atom. The van der Waals surface area contributed by atoms with Crippen molar-refractivity contribution in [1.82, 2.24) is 14.9 Å². The SMILES string of the molecule is O=C([C@@H]1COC[C@@H]2CN(Cc3cccnc3)C[C@@H]21)N1CCCO1. The number of amides is 1. The van der Waals surface area contributed by atoms with E-state index in [4.69, 9.17) is 9.57 Å². The molecule has 1 aromatic heterocycles. The Labute approximate surface area is 136 Å². The van der Waals surface area contributed by atoms with E-state index < -0.39 is 0 Å². The van der Waals surface area contributed by atoms with Crippen LogP contribution in [0.5, 0.6) is 0 Å². The van der Waals surface area contributed by atoms with Gasteiger partial charge in [0.2, 0.25) is 0 Å². The molecule has 6 nitrogen and oxygen atoms in total. The van der Waals surface area contributed by atoms with Crippen molar-refractivity contribution in [2.24, 2.45) is 17.8 Å². The molecule has 0 bridgehead atoms. The first-order valence-corrected chi connectivity index (χ1v) is 8.44. The second-order valence-electron chi connectivity index (χ2n) is 6.75. The molecule has 3 fully saturated rings. The van der Waals surface area contributed by atoms with Gasteiger partial charge in [0.25, 0.3) is 5.91 Å². The lowest BCUT2D eigenvalue weighted by Crippen LogP contribution is -2.45.